The van der Waals surface area contributed by atoms with Crippen molar-refractivity contribution < 1.29 is 8.42 Å². The molecule has 126 valence electrons. The number of nitrogens with one attached hydrogen (secondary N) is 1. The third kappa shape index (κ3) is 2.79. The van der Waals surface area contributed by atoms with Crippen LogP contribution in [0, 0.1) is 18.8 Å². The fourth-order valence-corrected chi connectivity index (χ4v) is 7.09. The van der Waals surface area contributed by atoms with Crippen LogP contribution >= 0.6 is 35.3 Å². The van der Waals surface area contributed by atoms with Crippen molar-refractivity contribution in [1.29, 1.82) is 0 Å². The molecule has 2 aliphatic heterocycles. The van der Waals surface area contributed by atoms with Crippen molar-refractivity contribution in [3.8, 4) is 0 Å². The monoisotopic (exact) mass is 392 g/mol. The zero-order valence-electron chi connectivity index (χ0n) is 12.6. The second-order valence-electron chi connectivity index (χ2n) is 6.13. The van der Waals surface area contributed by atoms with Gasteiger partial charge in [-0.1, -0.05) is 11.6 Å². The molecule has 1 aromatic carbocycles. The van der Waals surface area contributed by atoms with Gasteiger partial charge in [-0.05, 0) is 50.0 Å². The highest BCUT2D eigenvalue weighted by Crippen LogP contribution is 2.39. The molecule has 0 unspecified atom stereocenters. The summed E-state index contributed by atoms with van der Waals surface area (Å²) in [7, 11) is -3.45. The maximum absolute atomic E-state index is 13.1. The first-order valence-electron chi connectivity index (χ1n) is 7.36. The summed E-state index contributed by atoms with van der Waals surface area (Å²) in [6.45, 7) is 4.97. The third-order valence-corrected chi connectivity index (χ3v) is 8.19. The first kappa shape index (κ1) is 17.5. The molecule has 4 nitrogen and oxygen atoms in total. The van der Waals surface area contributed by atoms with Crippen LogP contribution in [0.3, 0.4) is 0 Å². The molecule has 3 heterocycles. The average molecular weight is 393 g/mol. The van der Waals surface area contributed by atoms with E-state index in [-0.39, 0.29) is 12.4 Å². The normalized spacial score (nSPS) is 24.8. The summed E-state index contributed by atoms with van der Waals surface area (Å²) >= 11 is 7.59. The minimum atomic E-state index is -3.45. The van der Waals surface area contributed by atoms with E-state index in [0.717, 1.165) is 28.1 Å². The molecule has 0 aliphatic carbocycles. The molecule has 1 N–H and O–H groups in total. The second-order valence-corrected chi connectivity index (χ2v) is 9.70. The standard InChI is InChI=1S/C15H17ClN2O2S2.ClH/c1-9-15(13-4-12(16)2-3-14(13)21-9)22(19,20)18-7-10-5-17-6-11(10)8-18;/h2-4,10-11,17H,5-8H2,1H3;1H/t10-,11+;. The molecule has 0 saturated carbocycles. The van der Waals surface area contributed by atoms with Gasteiger partial charge in [0.2, 0.25) is 10.0 Å². The summed E-state index contributed by atoms with van der Waals surface area (Å²) < 4.78 is 28.9. The topological polar surface area (TPSA) is 49.4 Å². The zero-order valence-corrected chi connectivity index (χ0v) is 15.8. The quantitative estimate of drug-likeness (QED) is 0.853. The molecular formula is C15H18Cl2N2O2S2. The largest absolute Gasteiger partial charge is 0.316 e. The molecule has 0 radical (unpaired) electrons. The minimum absolute atomic E-state index is 0. The molecule has 2 aliphatic rings. The Labute approximate surface area is 151 Å². The third-order valence-electron chi connectivity index (χ3n) is 4.72. The minimum Gasteiger partial charge on any atom is -0.316 e. The average Bonchev–Trinajstić information content (AvgIpc) is 3.09. The van der Waals surface area contributed by atoms with Gasteiger partial charge < -0.3 is 5.32 Å². The Morgan fingerprint density at radius 1 is 1.26 bits per heavy atom. The Balaban J connectivity index is 0.00000156. The lowest BCUT2D eigenvalue weighted by Gasteiger charge is -2.17. The molecule has 0 bridgehead atoms. The van der Waals surface area contributed by atoms with E-state index in [2.05, 4.69) is 5.32 Å². The number of thiophene rings is 1. The lowest BCUT2D eigenvalue weighted by Crippen LogP contribution is -2.32. The summed E-state index contributed by atoms with van der Waals surface area (Å²) in [5, 5.41) is 4.67. The zero-order chi connectivity index (χ0) is 15.5. The molecule has 2 atom stereocenters. The molecule has 23 heavy (non-hydrogen) atoms. The molecule has 2 fully saturated rings. The molecule has 2 aromatic rings. The predicted molar refractivity (Wildman–Crippen MR) is 97.4 cm³/mol. The van der Waals surface area contributed by atoms with Crippen LogP contribution in [0.5, 0.6) is 0 Å². The van der Waals surface area contributed by atoms with Gasteiger partial charge in [-0.25, -0.2) is 8.42 Å². The maximum atomic E-state index is 13.1. The number of fused-ring (bicyclic) bond motifs is 2. The first-order chi connectivity index (χ1) is 10.5. The fourth-order valence-electron chi connectivity index (χ4n) is 3.63. The van der Waals surface area contributed by atoms with Gasteiger partial charge in [0, 0.05) is 33.1 Å². The van der Waals surface area contributed by atoms with Crippen LogP contribution in [0.2, 0.25) is 5.02 Å². The molecule has 1 aromatic heterocycles. The van der Waals surface area contributed by atoms with E-state index in [9.17, 15) is 8.42 Å². The summed E-state index contributed by atoms with van der Waals surface area (Å²) in [4.78, 5) is 1.29. The van der Waals surface area contributed by atoms with Crippen LogP contribution in [-0.2, 0) is 10.0 Å². The van der Waals surface area contributed by atoms with E-state index in [0.29, 0.717) is 34.8 Å². The Morgan fingerprint density at radius 2 is 1.91 bits per heavy atom. The molecule has 0 spiro atoms. The van der Waals surface area contributed by atoms with Crippen molar-refractivity contribution in [2.24, 2.45) is 11.8 Å². The van der Waals surface area contributed by atoms with Crippen LogP contribution in [0.4, 0.5) is 0 Å². The van der Waals surface area contributed by atoms with Gasteiger partial charge in [0.25, 0.3) is 0 Å². The second kappa shape index (κ2) is 6.17. The number of benzene rings is 1. The van der Waals surface area contributed by atoms with E-state index < -0.39 is 10.0 Å². The Bertz CT molecular complexity index is 839. The summed E-state index contributed by atoms with van der Waals surface area (Å²) in [5.74, 6) is 0.895. The van der Waals surface area contributed by atoms with Gasteiger partial charge in [0.05, 0.1) is 0 Å². The highest BCUT2D eigenvalue weighted by atomic mass is 35.5. The van der Waals surface area contributed by atoms with Crippen molar-refractivity contribution >= 4 is 55.5 Å². The van der Waals surface area contributed by atoms with Gasteiger partial charge in [0.15, 0.2) is 0 Å². The number of nitrogens with zero attached hydrogens (tertiary/aromatic N) is 1. The van der Waals surface area contributed by atoms with Crippen molar-refractivity contribution in [2.75, 3.05) is 26.2 Å². The number of aryl methyl sites for hydroxylation is 1. The summed E-state index contributed by atoms with van der Waals surface area (Å²) in [6, 6.07) is 5.48. The molecule has 2 saturated heterocycles. The highest BCUT2D eigenvalue weighted by molar-refractivity contribution is 7.89. The number of hydrogen-bond donors (Lipinski definition) is 1. The number of rotatable bonds is 2. The maximum Gasteiger partial charge on any atom is 0.244 e. The first-order valence-corrected chi connectivity index (χ1v) is 10.00. The van der Waals surface area contributed by atoms with E-state index in [1.807, 2.05) is 19.1 Å². The van der Waals surface area contributed by atoms with E-state index in [4.69, 9.17) is 11.6 Å². The van der Waals surface area contributed by atoms with Gasteiger partial charge in [0.1, 0.15) is 4.90 Å². The van der Waals surface area contributed by atoms with Gasteiger partial charge in [-0.2, -0.15) is 4.31 Å². The van der Waals surface area contributed by atoms with Crippen molar-refractivity contribution in [1.82, 2.24) is 9.62 Å². The molecule has 8 heteroatoms. The summed E-state index contributed by atoms with van der Waals surface area (Å²) in [5.41, 5.74) is 0. The van der Waals surface area contributed by atoms with Crippen LogP contribution in [0.25, 0.3) is 10.1 Å². The lowest BCUT2D eigenvalue weighted by molar-refractivity contribution is 0.448. The van der Waals surface area contributed by atoms with Crippen LogP contribution in [0.1, 0.15) is 4.88 Å². The Kier molecular flexibility index (Phi) is 4.68. The molecule has 4 rings (SSSR count). The van der Waals surface area contributed by atoms with Crippen LogP contribution < -0.4 is 5.32 Å². The van der Waals surface area contributed by atoms with Gasteiger partial charge in [-0.3, -0.25) is 0 Å². The summed E-state index contributed by atoms with van der Waals surface area (Å²) in [6.07, 6.45) is 0. The van der Waals surface area contributed by atoms with Crippen LogP contribution in [-0.4, -0.2) is 38.9 Å². The van der Waals surface area contributed by atoms with E-state index in [1.54, 1.807) is 10.4 Å². The smallest absolute Gasteiger partial charge is 0.244 e. The number of hydrogen-bond acceptors (Lipinski definition) is 4. The molecular weight excluding hydrogens is 375 g/mol. The predicted octanol–water partition coefficient (Wildman–Crippen LogP) is 3.12. The Morgan fingerprint density at radius 3 is 2.57 bits per heavy atom. The number of sulfonamides is 1. The van der Waals surface area contributed by atoms with Gasteiger partial charge >= 0.3 is 0 Å². The highest BCUT2D eigenvalue weighted by Gasteiger charge is 2.42. The lowest BCUT2D eigenvalue weighted by atomic mass is 10.0. The SMILES string of the molecule is Cc1sc2ccc(Cl)cc2c1S(=O)(=O)N1C[C@H]2CNC[C@H]2C1.Cl. The van der Waals surface area contributed by atoms with Gasteiger partial charge in [-0.15, -0.1) is 23.7 Å². The van der Waals surface area contributed by atoms with E-state index >= 15 is 0 Å². The van der Waals surface area contributed by atoms with Crippen molar-refractivity contribution in [3.05, 3.63) is 28.1 Å². The Hall–Kier alpha value is -0.370. The fraction of sp³-hybridized carbons (Fsp3) is 0.467. The molecule has 0 amide bonds. The van der Waals surface area contributed by atoms with Crippen LogP contribution in [0.15, 0.2) is 23.1 Å². The van der Waals surface area contributed by atoms with E-state index in [1.165, 1.54) is 11.3 Å². The van der Waals surface area contributed by atoms with Crippen molar-refractivity contribution in [3.63, 3.8) is 0 Å². The number of halogens is 2. The van der Waals surface area contributed by atoms with Crippen molar-refractivity contribution in [2.45, 2.75) is 11.8 Å².